The second kappa shape index (κ2) is 9.13. The van der Waals surface area contributed by atoms with E-state index >= 15 is 0 Å². The van der Waals surface area contributed by atoms with Crippen LogP contribution in [0.4, 0.5) is 11.5 Å². The molecular weight excluding hydrogens is 394 g/mol. The normalized spacial score (nSPS) is 10.6. The molecule has 0 fully saturated rings. The fourth-order valence-corrected chi connectivity index (χ4v) is 3.12. The first-order valence-electron chi connectivity index (χ1n) is 9.79. The minimum Gasteiger partial charge on any atom is -0.497 e. The molecule has 2 N–H and O–H groups in total. The molecule has 0 spiro atoms. The fraction of sp³-hybridized carbons (Fsp3) is 0.125. The van der Waals surface area contributed by atoms with Gasteiger partial charge in [-0.05, 0) is 48.4 Å². The first-order chi connectivity index (χ1) is 15.1. The summed E-state index contributed by atoms with van der Waals surface area (Å²) >= 11 is 0. The summed E-state index contributed by atoms with van der Waals surface area (Å²) in [6.45, 7) is 0.711. The van der Waals surface area contributed by atoms with Crippen molar-refractivity contribution >= 4 is 28.4 Å². The molecule has 156 valence electrons. The Morgan fingerprint density at radius 1 is 1.06 bits per heavy atom. The number of methoxy groups -OCH3 is 1. The van der Waals surface area contributed by atoms with Crippen LogP contribution in [0.5, 0.6) is 5.75 Å². The van der Waals surface area contributed by atoms with Crippen molar-refractivity contribution in [2.45, 2.75) is 6.42 Å². The molecule has 0 aliphatic heterocycles. The standard InChI is InChI=1S/C24H21N3O4/c1-30-19-9-6-16(7-10-19)12-13-25-22-11-8-18(15-26-22)27-23(28)20-14-17-4-2-3-5-21(17)31-24(20)29/h2-11,14-15H,12-13H2,1H3,(H,25,26)(H,27,28). The number of pyridine rings is 1. The third kappa shape index (κ3) is 4.90. The summed E-state index contributed by atoms with van der Waals surface area (Å²) in [6, 6.07) is 20.0. The summed E-state index contributed by atoms with van der Waals surface area (Å²) in [7, 11) is 1.64. The third-order valence-corrected chi connectivity index (χ3v) is 4.79. The lowest BCUT2D eigenvalue weighted by molar-refractivity contribution is 0.102. The highest BCUT2D eigenvalue weighted by molar-refractivity contribution is 6.05. The van der Waals surface area contributed by atoms with Gasteiger partial charge in [-0.15, -0.1) is 0 Å². The van der Waals surface area contributed by atoms with Gasteiger partial charge >= 0.3 is 5.63 Å². The van der Waals surface area contributed by atoms with Crippen molar-refractivity contribution in [1.82, 2.24) is 4.98 Å². The van der Waals surface area contributed by atoms with Crippen LogP contribution in [0.25, 0.3) is 11.0 Å². The van der Waals surface area contributed by atoms with Gasteiger partial charge in [0.05, 0.1) is 19.0 Å². The van der Waals surface area contributed by atoms with Gasteiger partial charge in [0.15, 0.2) is 0 Å². The lowest BCUT2D eigenvalue weighted by Gasteiger charge is -2.08. The number of nitrogens with zero attached hydrogens (tertiary/aromatic N) is 1. The Kier molecular flexibility index (Phi) is 5.93. The van der Waals surface area contributed by atoms with E-state index < -0.39 is 11.5 Å². The predicted molar refractivity (Wildman–Crippen MR) is 120 cm³/mol. The zero-order chi connectivity index (χ0) is 21.6. The molecule has 0 saturated heterocycles. The van der Waals surface area contributed by atoms with Crippen molar-refractivity contribution in [2.75, 3.05) is 24.3 Å². The summed E-state index contributed by atoms with van der Waals surface area (Å²) < 4.78 is 10.4. The van der Waals surface area contributed by atoms with Crippen LogP contribution in [-0.4, -0.2) is 24.5 Å². The number of para-hydroxylation sites is 1. The van der Waals surface area contributed by atoms with E-state index in [-0.39, 0.29) is 5.56 Å². The molecule has 0 saturated carbocycles. The number of aromatic nitrogens is 1. The first kappa shape index (κ1) is 20.2. The number of nitrogens with one attached hydrogen (secondary N) is 2. The monoisotopic (exact) mass is 415 g/mol. The summed E-state index contributed by atoms with van der Waals surface area (Å²) in [5.74, 6) is 0.982. The SMILES string of the molecule is COc1ccc(CCNc2ccc(NC(=O)c3cc4ccccc4oc3=O)cn2)cc1. The van der Waals surface area contributed by atoms with Gasteiger partial charge in [0.1, 0.15) is 22.7 Å². The van der Waals surface area contributed by atoms with Crippen LogP contribution in [0.2, 0.25) is 0 Å². The van der Waals surface area contributed by atoms with Crippen LogP contribution in [0.3, 0.4) is 0 Å². The molecule has 31 heavy (non-hydrogen) atoms. The Bertz CT molecular complexity index is 1250. The van der Waals surface area contributed by atoms with Gasteiger partial charge in [-0.3, -0.25) is 4.79 Å². The van der Waals surface area contributed by atoms with E-state index in [0.29, 0.717) is 29.0 Å². The van der Waals surface area contributed by atoms with Crippen molar-refractivity contribution in [2.24, 2.45) is 0 Å². The lowest BCUT2D eigenvalue weighted by atomic mass is 10.1. The number of amides is 1. The zero-order valence-electron chi connectivity index (χ0n) is 16.9. The average Bonchev–Trinajstić information content (AvgIpc) is 2.80. The Morgan fingerprint density at radius 3 is 2.61 bits per heavy atom. The number of hydrogen-bond donors (Lipinski definition) is 2. The molecule has 0 bridgehead atoms. The molecule has 0 aliphatic rings. The molecule has 1 amide bonds. The molecule has 4 rings (SSSR count). The molecule has 2 aromatic heterocycles. The molecule has 4 aromatic rings. The Labute approximate surface area is 178 Å². The van der Waals surface area contributed by atoms with Crippen LogP contribution in [0.1, 0.15) is 15.9 Å². The molecule has 2 aromatic carbocycles. The summed E-state index contributed by atoms with van der Waals surface area (Å²) in [6.07, 6.45) is 2.37. The lowest BCUT2D eigenvalue weighted by Crippen LogP contribution is -2.20. The summed E-state index contributed by atoms with van der Waals surface area (Å²) in [5.41, 5.74) is 1.38. The molecule has 0 unspecified atom stereocenters. The largest absolute Gasteiger partial charge is 0.497 e. The third-order valence-electron chi connectivity index (χ3n) is 4.79. The van der Waals surface area contributed by atoms with Crippen molar-refractivity contribution < 1.29 is 13.9 Å². The predicted octanol–water partition coefficient (Wildman–Crippen LogP) is 4.10. The average molecular weight is 415 g/mol. The van der Waals surface area contributed by atoms with E-state index in [4.69, 9.17) is 9.15 Å². The number of hydrogen-bond acceptors (Lipinski definition) is 6. The number of carbonyl (C=O) groups is 1. The van der Waals surface area contributed by atoms with Crippen LogP contribution < -0.4 is 21.0 Å². The Morgan fingerprint density at radius 2 is 1.87 bits per heavy atom. The molecule has 7 nitrogen and oxygen atoms in total. The topological polar surface area (TPSA) is 93.5 Å². The fourth-order valence-electron chi connectivity index (χ4n) is 3.12. The van der Waals surface area contributed by atoms with Gasteiger partial charge in [-0.2, -0.15) is 0 Å². The van der Waals surface area contributed by atoms with E-state index in [1.807, 2.05) is 30.3 Å². The van der Waals surface area contributed by atoms with E-state index in [1.165, 1.54) is 17.8 Å². The van der Waals surface area contributed by atoms with Crippen molar-refractivity contribution in [1.29, 1.82) is 0 Å². The smallest absolute Gasteiger partial charge is 0.349 e. The van der Waals surface area contributed by atoms with Crippen molar-refractivity contribution in [3.63, 3.8) is 0 Å². The van der Waals surface area contributed by atoms with Gasteiger partial charge in [0, 0.05) is 11.9 Å². The van der Waals surface area contributed by atoms with Crippen molar-refractivity contribution in [3.8, 4) is 5.75 Å². The van der Waals surface area contributed by atoms with Crippen LogP contribution in [0, 0.1) is 0 Å². The number of ether oxygens (including phenoxy) is 1. The molecular formula is C24H21N3O4. The minimum absolute atomic E-state index is 0.0552. The Hall–Kier alpha value is -4.13. The maximum atomic E-state index is 12.5. The number of anilines is 2. The number of fused-ring (bicyclic) bond motifs is 1. The number of rotatable bonds is 7. The molecule has 7 heteroatoms. The molecule has 0 atom stereocenters. The van der Waals surface area contributed by atoms with E-state index in [9.17, 15) is 9.59 Å². The van der Waals surface area contributed by atoms with E-state index in [0.717, 1.165) is 12.2 Å². The number of benzene rings is 2. The maximum absolute atomic E-state index is 12.5. The highest BCUT2D eigenvalue weighted by atomic mass is 16.5. The van der Waals surface area contributed by atoms with Gasteiger partial charge in [0.2, 0.25) is 0 Å². The van der Waals surface area contributed by atoms with E-state index in [1.54, 1.807) is 37.4 Å². The van der Waals surface area contributed by atoms with Crippen LogP contribution in [-0.2, 0) is 6.42 Å². The quantitative estimate of drug-likeness (QED) is 0.442. The summed E-state index contributed by atoms with van der Waals surface area (Å²) in [5, 5.41) is 6.61. The zero-order valence-corrected chi connectivity index (χ0v) is 16.9. The Balaban J connectivity index is 1.35. The second-order valence-electron chi connectivity index (χ2n) is 6.90. The highest BCUT2D eigenvalue weighted by Crippen LogP contribution is 2.15. The van der Waals surface area contributed by atoms with Gasteiger partial charge in [-0.25, -0.2) is 9.78 Å². The highest BCUT2D eigenvalue weighted by Gasteiger charge is 2.14. The van der Waals surface area contributed by atoms with Crippen LogP contribution in [0.15, 0.2) is 82.1 Å². The van der Waals surface area contributed by atoms with Crippen molar-refractivity contribution in [3.05, 3.63) is 94.5 Å². The van der Waals surface area contributed by atoms with Gasteiger partial charge in [0.25, 0.3) is 5.91 Å². The minimum atomic E-state index is -0.680. The molecule has 0 aliphatic carbocycles. The number of carbonyl (C=O) groups excluding carboxylic acids is 1. The van der Waals surface area contributed by atoms with Gasteiger partial charge in [-0.1, -0.05) is 30.3 Å². The first-order valence-corrected chi connectivity index (χ1v) is 9.79. The molecule has 0 radical (unpaired) electrons. The van der Waals surface area contributed by atoms with Crippen LogP contribution >= 0.6 is 0 Å². The molecule has 2 heterocycles. The maximum Gasteiger partial charge on any atom is 0.349 e. The van der Waals surface area contributed by atoms with E-state index in [2.05, 4.69) is 15.6 Å². The van der Waals surface area contributed by atoms with Gasteiger partial charge < -0.3 is 19.8 Å². The second-order valence-corrected chi connectivity index (χ2v) is 6.90. The summed E-state index contributed by atoms with van der Waals surface area (Å²) in [4.78, 5) is 29.0.